The maximum atomic E-state index is 9.78. The summed E-state index contributed by atoms with van der Waals surface area (Å²) in [5, 5.41) is 14.0. The van der Waals surface area contributed by atoms with Crippen LogP contribution in [0.4, 0.5) is 17.5 Å². The number of aliphatic hydroxyl groups is 1. The lowest BCUT2D eigenvalue weighted by Gasteiger charge is -2.41. The smallest absolute Gasteiger partial charge is 0.227 e. The molecule has 2 aromatic rings. The summed E-state index contributed by atoms with van der Waals surface area (Å²) in [5.41, 5.74) is 2.32. The summed E-state index contributed by atoms with van der Waals surface area (Å²) >= 11 is 7.85. The number of nitrogens with one attached hydrogen (secondary N) is 1. The van der Waals surface area contributed by atoms with Crippen LogP contribution in [0.1, 0.15) is 26.5 Å². The molecule has 1 saturated heterocycles. The van der Waals surface area contributed by atoms with Crippen LogP contribution < -0.4 is 15.1 Å². The van der Waals surface area contributed by atoms with Gasteiger partial charge < -0.3 is 20.2 Å². The lowest BCUT2D eigenvalue weighted by molar-refractivity contribution is 0.249. The molecule has 1 aromatic heterocycles. The summed E-state index contributed by atoms with van der Waals surface area (Å²) < 4.78 is 0. The fraction of sp³-hybridized carbons (Fsp3) is 0.545. The number of hydrogen-bond acceptors (Lipinski definition) is 7. The second-order valence-electron chi connectivity index (χ2n) is 8.39. The van der Waals surface area contributed by atoms with E-state index >= 15 is 0 Å². The quantitative estimate of drug-likeness (QED) is 0.695. The number of anilines is 3. The van der Waals surface area contributed by atoms with Crippen molar-refractivity contribution in [2.24, 2.45) is 5.92 Å². The number of piperazine rings is 1. The molecule has 1 aromatic carbocycles. The Morgan fingerprint density at radius 2 is 2.00 bits per heavy atom. The van der Waals surface area contributed by atoms with Gasteiger partial charge >= 0.3 is 0 Å². The first-order valence-corrected chi connectivity index (χ1v) is 12.0. The number of hydrogen-bond donors (Lipinski definition) is 2. The van der Waals surface area contributed by atoms with E-state index < -0.39 is 0 Å². The van der Waals surface area contributed by atoms with Crippen molar-refractivity contribution < 1.29 is 5.11 Å². The highest BCUT2D eigenvalue weighted by Crippen LogP contribution is 2.37. The van der Waals surface area contributed by atoms with Crippen LogP contribution in [0.2, 0.25) is 5.02 Å². The van der Waals surface area contributed by atoms with Crippen molar-refractivity contribution >= 4 is 40.8 Å². The fourth-order valence-corrected chi connectivity index (χ4v) is 5.20. The van der Waals surface area contributed by atoms with Crippen LogP contribution in [0, 0.1) is 5.92 Å². The molecule has 2 aliphatic heterocycles. The largest absolute Gasteiger partial charge is 0.394 e. The van der Waals surface area contributed by atoms with E-state index in [2.05, 4.69) is 48.0 Å². The van der Waals surface area contributed by atoms with E-state index in [4.69, 9.17) is 21.6 Å². The van der Waals surface area contributed by atoms with Gasteiger partial charge in [-0.1, -0.05) is 25.4 Å². The molecule has 2 N–H and O–H groups in total. The standard InChI is InChI=1S/C22H30ClN5OS/c1-14(2)19(13-29)24-21-20-18(8-11-30-20)25-22(26-21)28-10-9-27(12-15(28)3)17-6-4-16(23)5-7-17/h4-7,14-15,19,29H,8-13H2,1-3H3,(H,24,25,26). The van der Waals surface area contributed by atoms with E-state index in [0.717, 1.165) is 59.2 Å². The van der Waals surface area contributed by atoms with Crippen LogP contribution in [0.5, 0.6) is 0 Å². The Hall–Kier alpha value is -1.70. The van der Waals surface area contributed by atoms with E-state index in [9.17, 15) is 5.11 Å². The number of halogens is 1. The number of aliphatic hydroxyl groups excluding tert-OH is 1. The minimum Gasteiger partial charge on any atom is -0.394 e. The first-order valence-electron chi connectivity index (χ1n) is 10.6. The SMILES string of the molecule is CC(C)C(CO)Nc1nc(N2CCN(c3ccc(Cl)cc3)CC2C)nc2c1SCC2. The maximum Gasteiger partial charge on any atom is 0.227 e. The van der Waals surface area contributed by atoms with Crippen molar-refractivity contribution in [3.63, 3.8) is 0 Å². The summed E-state index contributed by atoms with van der Waals surface area (Å²) in [6, 6.07) is 8.32. The average Bonchev–Trinajstić information content (AvgIpc) is 3.21. The van der Waals surface area contributed by atoms with Crippen molar-refractivity contribution in [1.29, 1.82) is 0 Å². The van der Waals surface area contributed by atoms with Gasteiger partial charge in [-0.3, -0.25) is 0 Å². The molecule has 1 fully saturated rings. The number of nitrogens with zero attached hydrogens (tertiary/aromatic N) is 4. The molecule has 4 rings (SSSR count). The third-order valence-electron chi connectivity index (χ3n) is 5.91. The van der Waals surface area contributed by atoms with Crippen LogP contribution in [0.25, 0.3) is 0 Å². The second-order valence-corrected chi connectivity index (χ2v) is 9.93. The highest BCUT2D eigenvalue weighted by Gasteiger charge is 2.29. The summed E-state index contributed by atoms with van der Waals surface area (Å²) in [7, 11) is 0. The molecule has 8 heteroatoms. The lowest BCUT2D eigenvalue weighted by Crippen LogP contribution is -2.52. The van der Waals surface area contributed by atoms with Crippen molar-refractivity contribution in [2.45, 2.75) is 44.2 Å². The number of rotatable bonds is 6. The zero-order valence-electron chi connectivity index (χ0n) is 17.8. The Morgan fingerprint density at radius 3 is 2.67 bits per heavy atom. The number of fused-ring (bicyclic) bond motifs is 1. The zero-order valence-corrected chi connectivity index (χ0v) is 19.4. The molecule has 0 aliphatic carbocycles. The predicted octanol–water partition coefficient (Wildman–Crippen LogP) is 3.92. The lowest BCUT2D eigenvalue weighted by atomic mass is 10.1. The van der Waals surface area contributed by atoms with Crippen LogP contribution in [0.3, 0.4) is 0 Å². The number of aryl methyl sites for hydroxylation is 1. The maximum absolute atomic E-state index is 9.78. The van der Waals surface area contributed by atoms with Gasteiger partial charge in [0.15, 0.2) is 0 Å². The molecule has 2 atom stereocenters. The Bertz CT molecular complexity index is 879. The summed E-state index contributed by atoms with van der Waals surface area (Å²) in [6.45, 7) is 9.23. The van der Waals surface area contributed by atoms with Crippen molar-refractivity contribution in [1.82, 2.24) is 9.97 Å². The monoisotopic (exact) mass is 447 g/mol. The molecule has 162 valence electrons. The van der Waals surface area contributed by atoms with Gasteiger partial charge in [0, 0.05) is 48.6 Å². The van der Waals surface area contributed by atoms with Crippen LogP contribution in [-0.4, -0.2) is 59.2 Å². The highest BCUT2D eigenvalue weighted by atomic mass is 35.5. The number of thioether (sulfide) groups is 1. The van der Waals surface area contributed by atoms with Crippen LogP contribution in [-0.2, 0) is 6.42 Å². The first kappa shape index (κ1) is 21.5. The Kier molecular flexibility index (Phi) is 6.60. The zero-order chi connectivity index (χ0) is 21.3. The molecule has 30 heavy (non-hydrogen) atoms. The molecule has 2 aliphatic rings. The molecule has 2 unspecified atom stereocenters. The summed E-state index contributed by atoms with van der Waals surface area (Å²) in [4.78, 5) is 15.7. The number of aromatic nitrogens is 2. The summed E-state index contributed by atoms with van der Waals surface area (Å²) in [6.07, 6.45) is 0.967. The molecule has 0 spiro atoms. The minimum absolute atomic E-state index is 0.0165. The van der Waals surface area contributed by atoms with Gasteiger partial charge in [-0.25, -0.2) is 4.98 Å². The van der Waals surface area contributed by atoms with Crippen LogP contribution in [0.15, 0.2) is 29.2 Å². The first-order chi connectivity index (χ1) is 14.5. The van der Waals surface area contributed by atoms with Gasteiger partial charge in [0.2, 0.25) is 5.95 Å². The van der Waals surface area contributed by atoms with Gasteiger partial charge in [-0.15, -0.1) is 11.8 Å². The molecule has 0 bridgehead atoms. The van der Waals surface area contributed by atoms with Crippen molar-refractivity contribution in [3.8, 4) is 0 Å². The van der Waals surface area contributed by atoms with Crippen molar-refractivity contribution in [2.75, 3.05) is 47.1 Å². The summed E-state index contributed by atoms with van der Waals surface area (Å²) in [5.74, 6) is 3.02. The number of benzene rings is 1. The van der Waals surface area contributed by atoms with Crippen LogP contribution >= 0.6 is 23.4 Å². The van der Waals surface area contributed by atoms with E-state index in [0.29, 0.717) is 5.92 Å². The Balaban J connectivity index is 1.55. The third kappa shape index (κ3) is 4.48. The van der Waals surface area contributed by atoms with E-state index in [1.165, 1.54) is 5.69 Å². The van der Waals surface area contributed by atoms with E-state index in [1.807, 2.05) is 12.1 Å². The second kappa shape index (κ2) is 9.20. The highest BCUT2D eigenvalue weighted by molar-refractivity contribution is 7.99. The molecule has 0 amide bonds. The Morgan fingerprint density at radius 1 is 1.23 bits per heavy atom. The molecule has 0 saturated carbocycles. The predicted molar refractivity (Wildman–Crippen MR) is 126 cm³/mol. The topological polar surface area (TPSA) is 64.5 Å². The van der Waals surface area contributed by atoms with Crippen molar-refractivity contribution in [3.05, 3.63) is 35.0 Å². The molecule has 6 nitrogen and oxygen atoms in total. The molecule has 0 radical (unpaired) electrons. The fourth-order valence-electron chi connectivity index (χ4n) is 4.02. The van der Waals surface area contributed by atoms with Gasteiger partial charge in [0.1, 0.15) is 5.82 Å². The molecular weight excluding hydrogens is 418 g/mol. The Labute approximate surface area is 188 Å². The van der Waals surface area contributed by atoms with Gasteiger partial charge in [0.25, 0.3) is 0 Å². The molecule has 3 heterocycles. The van der Waals surface area contributed by atoms with E-state index in [1.54, 1.807) is 11.8 Å². The normalized spacial score (nSPS) is 19.9. The van der Waals surface area contributed by atoms with Gasteiger partial charge in [-0.05, 0) is 37.1 Å². The van der Waals surface area contributed by atoms with Gasteiger partial charge in [0.05, 0.1) is 23.2 Å². The molecular formula is C22H30ClN5OS. The average molecular weight is 448 g/mol. The van der Waals surface area contributed by atoms with E-state index in [-0.39, 0.29) is 18.7 Å². The van der Waals surface area contributed by atoms with Gasteiger partial charge in [-0.2, -0.15) is 4.98 Å². The minimum atomic E-state index is -0.0165. The third-order valence-corrected chi connectivity index (χ3v) is 7.29.